The van der Waals surface area contributed by atoms with Crippen LogP contribution in [0.3, 0.4) is 0 Å². The molecule has 0 bridgehead atoms. The van der Waals surface area contributed by atoms with Gasteiger partial charge in [-0.15, -0.1) is 0 Å². The summed E-state index contributed by atoms with van der Waals surface area (Å²) in [6, 6.07) is -0.726. The van der Waals surface area contributed by atoms with E-state index in [0.717, 1.165) is 0 Å². The number of carboxylic acids is 1. The molecule has 1 saturated heterocycles. The molecule has 17 heavy (non-hydrogen) atoms. The Morgan fingerprint density at radius 1 is 1.47 bits per heavy atom. The monoisotopic (exact) mass is 244 g/mol. The lowest BCUT2D eigenvalue weighted by Gasteiger charge is -2.35. The van der Waals surface area contributed by atoms with Crippen LogP contribution in [0, 0.1) is 11.8 Å². The molecule has 6 nitrogen and oxygen atoms in total. The van der Waals surface area contributed by atoms with Crippen molar-refractivity contribution in [1.82, 2.24) is 10.6 Å². The summed E-state index contributed by atoms with van der Waals surface area (Å²) in [5.74, 6) is -1.86. The quantitative estimate of drug-likeness (QED) is 0.524. The van der Waals surface area contributed by atoms with Crippen LogP contribution in [0.15, 0.2) is 0 Å². The van der Waals surface area contributed by atoms with Crippen LogP contribution in [0.1, 0.15) is 27.2 Å². The zero-order chi connectivity index (χ0) is 13.2. The van der Waals surface area contributed by atoms with E-state index in [1.54, 1.807) is 6.92 Å². The molecule has 2 unspecified atom stereocenters. The van der Waals surface area contributed by atoms with Crippen LogP contribution >= 0.6 is 0 Å². The van der Waals surface area contributed by atoms with Gasteiger partial charge in [-0.25, -0.2) is 0 Å². The number of aliphatic carboxylic acids is 1. The van der Waals surface area contributed by atoms with Gasteiger partial charge in [0.1, 0.15) is 11.7 Å². The first-order valence-corrected chi connectivity index (χ1v) is 5.75. The Balaban J connectivity index is 2.96. The van der Waals surface area contributed by atoms with E-state index in [0.29, 0.717) is 6.42 Å². The van der Waals surface area contributed by atoms with Gasteiger partial charge in [-0.05, 0) is 19.3 Å². The number of carboxylic acid groups (broad SMARTS) is 1. The number of carbonyl (C=O) groups is 2. The number of hydrogen-bond donors (Lipinski definition) is 4. The molecular weight excluding hydrogens is 224 g/mol. The fraction of sp³-hybridized carbons (Fsp3) is 0.818. The fourth-order valence-corrected chi connectivity index (χ4v) is 2.22. The zero-order valence-corrected chi connectivity index (χ0v) is 10.4. The number of hydrogen-bond acceptors (Lipinski definition) is 4. The smallest absolute Gasteiger partial charge is 0.309 e. The largest absolute Gasteiger partial charge is 0.481 e. The second kappa shape index (κ2) is 5.01. The minimum Gasteiger partial charge on any atom is -0.481 e. The number of rotatable bonds is 5. The topological polar surface area (TPSA) is 98.7 Å². The Hall–Kier alpha value is -1.14. The lowest BCUT2D eigenvalue weighted by Crippen LogP contribution is -2.58. The summed E-state index contributed by atoms with van der Waals surface area (Å²) >= 11 is 0. The van der Waals surface area contributed by atoms with Gasteiger partial charge in [0.2, 0.25) is 5.91 Å². The van der Waals surface area contributed by atoms with Crippen molar-refractivity contribution in [2.24, 2.45) is 11.8 Å². The Bertz CT molecular complexity index is 319. The van der Waals surface area contributed by atoms with Gasteiger partial charge in [0.15, 0.2) is 0 Å². The molecule has 1 heterocycles. The third kappa shape index (κ3) is 2.76. The zero-order valence-electron chi connectivity index (χ0n) is 10.4. The van der Waals surface area contributed by atoms with E-state index in [1.165, 1.54) is 0 Å². The van der Waals surface area contributed by atoms with Gasteiger partial charge in [-0.2, -0.15) is 0 Å². The molecule has 98 valence electrons. The van der Waals surface area contributed by atoms with Crippen molar-refractivity contribution in [1.29, 1.82) is 0 Å². The standard InChI is InChI=1S/C11H20N2O4/c1-6(2)4-11(7(3)10(16)17)12-8(5-14)9(15)13-11/h6-8,12,14H,4-5H2,1-3H3,(H,13,15)(H,16,17)/t7?,8-,11?/m0/s1. The highest BCUT2D eigenvalue weighted by Crippen LogP contribution is 2.27. The predicted octanol–water partition coefficient (Wildman–Crippen LogP) is -0.470. The molecule has 0 saturated carbocycles. The lowest BCUT2D eigenvalue weighted by molar-refractivity contribution is -0.144. The van der Waals surface area contributed by atoms with E-state index in [1.807, 2.05) is 13.8 Å². The fourth-order valence-electron chi connectivity index (χ4n) is 2.22. The maximum Gasteiger partial charge on any atom is 0.309 e. The summed E-state index contributed by atoms with van der Waals surface area (Å²) in [6.07, 6.45) is 0.503. The van der Waals surface area contributed by atoms with Gasteiger partial charge >= 0.3 is 5.97 Å². The SMILES string of the molecule is CC(C)CC1(C(C)C(=O)O)NC(=O)[C@H](CO)N1. The van der Waals surface area contributed by atoms with E-state index in [9.17, 15) is 9.59 Å². The van der Waals surface area contributed by atoms with Crippen molar-refractivity contribution in [3.63, 3.8) is 0 Å². The number of carbonyl (C=O) groups excluding carboxylic acids is 1. The second-order valence-corrected chi connectivity index (χ2v) is 5.00. The summed E-state index contributed by atoms with van der Waals surface area (Å²) in [5.41, 5.74) is -0.968. The minimum atomic E-state index is -0.975. The number of nitrogens with one attached hydrogen (secondary N) is 2. The van der Waals surface area contributed by atoms with Gasteiger partial charge in [-0.1, -0.05) is 13.8 Å². The van der Waals surface area contributed by atoms with Crippen LogP contribution in [-0.4, -0.2) is 40.4 Å². The highest BCUT2D eigenvalue weighted by Gasteiger charge is 2.49. The van der Waals surface area contributed by atoms with Crippen molar-refractivity contribution in [3.05, 3.63) is 0 Å². The van der Waals surface area contributed by atoms with Crippen LogP contribution in [0.4, 0.5) is 0 Å². The van der Waals surface area contributed by atoms with Crippen molar-refractivity contribution in [2.45, 2.75) is 38.9 Å². The molecule has 1 amide bonds. The van der Waals surface area contributed by atoms with Crippen LogP contribution in [-0.2, 0) is 9.59 Å². The van der Waals surface area contributed by atoms with Crippen LogP contribution in [0.25, 0.3) is 0 Å². The molecule has 1 aliphatic rings. The molecule has 0 aromatic heterocycles. The molecule has 1 aliphatic heterocycles. The summed E-state index contributed by atoms with van der Waals surface area (Å²) in [4.78, 5) is 22.7. The first kappa shape index (κ1) is 13.9. The van der Waals surface area contributed by atoms with Gasteiger partial charge < -0.3 is 15.5 Å². The van der Waals surface area contributed by atoms with E-state index < -0.39 is 23.6 Å². The molecule has 0 radical (unpaired) electrons. The molecule has 0 aromatic carbocycles. The molecule has 0 aromatic rings. The predicted molar refractivity (Wildman–Crippen MR) is 61.1 cm³/mol. The van der Waals surface area contributed by atoms with Crippen molar-refractivity contribution >= 4 is 11.9 Å². The van der Waals surface area contributed by atoms with Crippen molar-refractivity contribution < 1.29 is 19.8 Å². The van der Waals surface area contributed by atoms with E-state index in [4.69, 9.17) is 10.2 Å². The molecule has 0 aliphatic carbocycles. The maximum absolute atomic E-state index is 11.6. The molecule has 0 spiro atoms. The molecule has 1 rings (SSSR count). The highest BCUT2D eigenvalue weighted by atomic mass is 16.4. The first-order valence-electron chi connectivity index (χ1n) is 5.75. The Morgan fingerprint density at radius 2 is 2.06 bits per heavy atom. The second-order valence-electron chi connectivity index (χ2n) is 5.00. The third-order valence-corrected chi connectivity index (χ3v) is 3.12. The summed E-state index contributed by atoms with van der Waals surface area (Å²) in [6.45, 7) is 5.13. The van der Waals surface area contributed by atoms with E-state index in [2.05, 4.69) is 10.6 Å². The lowest BCUT2D eigenvalue weighted by atomic mass is 9.86. The molecule has 1 fully saturated rings. The molecular formula is C11H20N2O4. The van der Waals surface area contributed by atoms with Gasteiger partial charge in [0.05, 0.1) is 12.5 Å². The Kier molecular flexibility index (Phi) is 4.11. The third-order valence-electron chi connectivity index (χ3n) is 3.12. The van der Waals surface area contributed by atoms with E-state index >= 15 is 0 Å². The summed E-state index contributed by atoms with van der Waals surface area (Å²) < 4.78 is 0. The van der Waals surface area contributed by atoms with Crippen molar-refractivity contribution in [2.75, 3.05) is 6.61 Å². The van der Waals surface area contributed by atoms with Gasteiger partial charge in [-0.3, -0.25) is 14.9 Å². The molecule has 4 N–H and O–H groups in total. The first-order chi connectivity index (χ1) is 7.82. The van der Waals surface area contributed by atoms with Crippen LogP contribution in [0.5, 0.6) is 0 Å². The highest BCUT2D eigenvalue weighted by molar-refractivity contribution is 5.86. The average Bonchev–Trinajstić information content (AvgIpc) is 2.53. The van der Waals surface area contributed by atoms with Crippen LogP contribution < -0.4 is 10.6 Å². The summed E-state index contributed by atoms with van der Waals surface area (Å²) in [5, 5.41) is 23.8. The number of amides is 1. The Labute approximate surface area is 100 Å². The maximum atomic E-state index is 11.6. The van der Waals surface area contributed by atoms with Gasteiger partial charge in [0.25, 0.3) is 0 Å². The van der Waals surface area contributed by atoms with Crippen molar-refractivity contribution in [3.8, 4) is 0 Å². The normalized spacial score (nSPS) is 30.4. The molecule has 6 heteroatoms. The minimum absolute atomic E-state index is 0.224. The van der Waals surface area contributed by atoms with Crippen LogP contribution in [0.2, 0.25) is 0 Å². The average molecular weight is 244 g/mol. The van der Waals surface area contributed by atoms with Gasteiger partial charge in [0, 0.05) is 0 Å². The number of aliphatic hydroxyl groups is 1. The molecule has 3 atom stereocenters. The van der Waals surface area contributed by atoms with E-state index in [-0.39, 0.29) is 18.4 Å². The summed E-state index contributed by atoms with van der Waals surface area (Å²) in [7, 11) is 0. The Morgan fingerprint density at radius 3 is 2.41 bits per heavy atom. The number of aliphatic hydroxyl groups excluding tert-OH is 1.